The summed E-state index contributed by atoms with van der Waals surface area (Å²) >= 11 is 0. The van der Waals surface area contributed by atoms with Crippen molar-refractivity contribution in [3.8, 4) is 11.5 Å². The van der Waals surface area contributed by atoms with Crippen molar-refractivity contribution < 1.29 is 22.7 Å². The minimum Gasteiger partial charge on any atom is -0.454 e. The Labute approximate surface area is 186 Å². The van der Waals surface area contributed by atoms with E-state index >= 15 is 0 Å². The summed E-state index contributed by atoms with van der Waals surface area (Å²) in [6.07, 6.45) is 0.246. The Balaban J connectivity index is 1.11. The number of benzene rings is 2. The van der Waals surface area contributed by atoms with Crippen LogP contribution in [0.3, 0.4) is 0 Å². The zero-order valence-corrected chi connectivity index (χ0v) is 18.3. The van der Waals surface area contributed by atoms with Crippen molar-refractivity contribution in [1.29, 1.82) is 0 Å². The van der Waals surface area contributed by atoms with E-state index in [1.165, 1.54) is 0 Å². The molecule has 32 heavy (non-hydrogen) atoms. The average molecular weight is 457 g/mol. The molecule has 0 unspecified atom stereocenters. The second kappa shape index (κ2) is 8.44. The zero-order chi connectivity index (χ0) is 22.1. The molecule has 2 aromatic carbocycles. The first-order chi connectivity index (χ1) is 15.5. The summed E-state index contributed by atoms with van der Waals surface area (Å²) in [5.74, 6) is 1.90. The Hall–Kier alpha value is -3.11. The van der Waals surface area contributed by atoms with Crippen molar-refractivity contribution in [3.05, 3.63) is 53.6 Å². The number of fused-ring (bicyclic) bond motifs is 2. The molecule has 0 radical (unpaired) electrons. The molecule has 2 aromatic rings. The molecule has 3 aliphatic rings. The topological polar surface area (TPSA) is 101 Å². The van der Waals surface area contributed by atoms with Gasteiger partial charge in [-0.3, -0.25) is 19.4 Å². The van der Waals surface area contributed by atoms with Gasteiger partial charge in [0.15, 0.2) is 11.5 Å². The van der Waals surface area contributed by atoms with Crippen LogP contribution in [0.4, 0.5) is 0 Å². The van der Waals surface area contributed by atoms with Crippen molar-refractivity contribution in [1.82, 2.24) is 14.5 Å². The lowest BCUT2D eigenvalue weighted by atomic mass is 10.1. The first-order valence-corrected chi connectivity index (χ1v) is 12.0. The molecule has 9 nitrogen and oxygen atoms in total. The van der Waals surface area contributed by atoms with Crippen LogP contribution < -0.4 is 14.2 Å². The predicted molar refractivity (Wildman–Crippen MR) is 117 cm³/mol. The summed E-state index contributed by atoms with van der Waals surface area (Å²) in [7, 11) is -3.56. The van der Waals surface area contributed by atoms with Crippen LogP contribution in [0.15, 0.2) is 52.4 Å². The van der Waals surface area contributed by atoms with Gasteiger partial charge < -0.3 is 14.4 Å². The van der Waals surface area contributed by atoms with Gasteiger partial charge >= 0.3 is 0 Å². The van der Waals surface area contributed by atoms with Gasteiger partial charge in [0.2, 0.25) is 12.7 Å². The molecule has 3 heterocycles. The summed E-state index contributed by atoms with van der Waals surface area (Å²) < 4.78 is 37.5. The van der Waals surface area contributed by atoms with Crippen LogP contribution in [0.25, 0.3) is 0 Å². The first-order valence-electron chi connectivity index (χ1n) is 10.5. The number of piperazine rings is 1. The number of amidine groups is 1. The summed E-state index contributed by atoms with van der Waals surface area (Å²) in [6.45, 7) is 4.21. The van der Waals surface area contributed by atoms with E-state index in [0.29, 0.717) is 24.5 Å². The molecular weight excluding hydrogens is 432 g/mol. The molecule has 0 atom stereocenters. The molecule has 0 aliphatic carbocycles. The quantitative estimate of drug-likeness (QED) is 0.726. The predicted octanol–water partition coefficient (Wildman–Crippen LogP) is 1.19. The molecule has 10 heteroatoms. The number of sulfonamides is 1. The maximum atomic E-state index is 12.6. The number of amides is 1. The molecule has 0 bridgehead atoms. The fraction of sp³-hybridized carbons (Fsp3) is 0.364. The van der Waals surface area contributed by atoms with E-state index in [0.717, 1.165) is 36.7 Å². The number of nitrogens with one attached hydrogen (secondary N) is 1. The van der Waals surface area contributed by atoms with Crippen molar-refractivity contribution in [2.24, 2.45) is 4.99 Å². The van der Waals surface area contributed by atoms with Crippen LogP contribution in [-0.2, 0) is 21.4 Å². The van der Waals surface area contributed by atoms with Gasteiger partial charge in [0.25, 0.3) is 10.0 Å². The van der Waals surface area contributed by atoms with Crippen LogP contribution in [0, 0.1) is 0 Å². The van der Waals surface area contributed by atoms with E-state index in [2.05, 4.69) is 14.6 Å². The van der Waals surface area contributed by atoms with Gasteiger partial charge in [-0.1, -0.05) is 18.2 Å². The standard InChI is InChI=1S/C22H24N4O5S/c27-21(7-8-23-22-17-3-1-2-4-20(17)32(28,29)24-22)26-11-9-25(10-12-26)14-16-5-6-18-19(13-16)31-15-30-18/h1-6,13H,7-12,14-15H2,(H,23,24). The van der Waals surface area contributed by atoms with Crippen LogP contribution in [0.1, 0.15) is 17.5 Å². The van der Waals surface area contributed by atoms with E-state index in [9.17, 15) is 13.2 Å². The Morgan fingerprint density at radius 2 is 1.81 bits per heavy atom. The molecule has 1 amide bonds. The summed E-state index contributed by atoms with van der Waals surface area (Å²) in [5.41, 5.74) is 1.71. The number of carbonyl (C=O) groups is 1. The lowest BCUT2D eigenvalue weighted by molar-refractivity contribution is -0.132. The number of hydrogen-bond acceptors (Lipinski definition) is 7. The van der Waals surface area contributed by atoms with Gasteiger partial charge in [-0.2, -0.15) is 0 Å². The number of ether oxygens (including phenoxy) is 2. The Morgan fingerprint density at radius 1 is 1.03 bits per heavy atom. The van der Waals surface area contributed by atoms with E-state index in [4.69, 9.17) is 9.47 Å². The van der Waals surface area contributed by atoms with Crippen molar-refractivity contribution in [2.45, 2.75) is 17.9 Å². The molecule has 1 fully saturated rings. The highest BCUT2D eigenvalue weighted by molar-refractivity contribution is 7.90. The minimum absolute atomic E-state index is 0.0335. The zero-order valence-electron chi connectivity index (χ0n) is 17.5. The third kappa shape index (κ3) is 4.15. The van der Waals surface area contributed by atoms with E-state index < -0.39 is 10.0 Å². The fourth-order valence-corrected chi connectivity index (χ4v) is 5.38. The smallest absolute Gasteiger partial charge is 0.263 e. The molecule has 0 aromatic heterocycles. The Kier molecular flexibility index (Phi) is 5.48. The molecule has 168 valence electrons. The van der Waals surface area contributed by atoms with Gasteiger partial charge in [0, 0.05) is 44.7 Å². The molecule has 3 aliphatic heterocycles. The van der Waals surface area contributed by atoms with Crippen LogP contribution in [-0.4, -0.2) is 69.5 Å². The normalized spacial score (nSPS) is 20.2. The maximum absolute atomic E-state index is 12.6. The van der Waals surface area contributed by atoms with Crippen molar-refractivity contribution in [2.75, 3.05) is 39.5 Å². The lowest BCUT2D eigenvalue weighted by Crippen LogP contribution is -2.48. The fourth-order valence-electron chi connectivity index (χ4n) is 4.13. The largest absolute Gasteiger partial charge is 0.454 e. The molecule has 1 saturated heterocycles. The molecule has 0 saturated carbocycles. The van der Waals surface area contributed by atoms with Crippen molar-refractivity contribution in [3.63, 3.8) is 0 Å². The second-order valence-electron chi connectivity index (χ2n) is 7.93. The van der Waals surface area contributed by atoms with Crippen LogP contribution >= 0.6 is 0 Å². The summed E-state index contributed by atoms with van der Waals surface area (Å²) in [4.78, 5) is 21.3. The summed E-state index contributed by atoms with van der Waals surface area (Å²) in [5, 5.41) is 0. The second-order valence-corrected chi connectivity index (χ2v) is 9.58. The molecule has 5 rings (SSSR count). The van der Waals surface area contributed by atoms with Gasteiger partial charge in [-0.15, -0.1) is 0 Å². The summed E-state index contributed by atoms with van der Waals surface area (Å²) in [6, 6.07) is 12.7. The number of nitrogens with zero attached hydrogens (tertiary/aromatic N) is 3. The monoisotopic (exact) mass is 456 g/mol. The molecule has 1 N–H and O–H groups in total. The highest BCUT2D eigenvalue weighted by atomic mass is 32.2. The van der Waals surface area contributed by atoms with Crippen LogP contribution in [0.2, 0.25) is 0 Å². The van der Waals surface area contributed by atoms with Gasteiger partial charge in [-0.05, 0) is 29.8 Å². The Bertz CT molecular complexity index is 1170. The van der Waals surface area contributed by atoms with Gasteiger partial charge in [-0.25, -0.2) is 8.42 Å². The number of rotatable bonds is 5. The van der Waals surface area contributed by atoms with E-state index in [-0.39, 0.29) is 30.6 Å². The number of aliphatic imine (C=N–C) groups is 1. The van der Waals surface area contributed by atoms with Gasteiger partial charge in [0.05, 0.1) is 11.4 Å². The van der Waals surface area contributed by atoms with E-state index in [1.54, 1.807) is 24.3 Å². The maximum Gasteiger partial charge on any atom is 0.263 e. The van der Waals surface area contributed by atoms with Gasteiger partial charge in [0.1, 0.15) is 5.84 Å². The third-order valence-electron chi connectivity index (χ3n) is 5.83. The highest BCUT2D eigenvalue weighted by Crippen LogP contribution is 2.32. The molecular formula is C22H24N4O5S. The lowest BCUT2D eigenvalue weighted by Gasteiger charge is -2.34. The molecule has 0 spiro atoms. The van der Waals surface area contributed by atoms with Crippen molar-refractivity contribution >= 4 is 21.8 Å². The third-order valence-corrected chi connectivity index (χ3v) is 7.22. The van der Waals surface area contributed by atoms with E-state index in [1.807, 2.05) is 23.1 Å². The number of carbonyl (C=O) groups excluding carboxylic acids is 1. The minimum atomic E-state index is -3.56. The average Bonchev–Trinajstić information content (AvgIpc) is 3.36. The first kappa shape index (κ1) is 20.8. The van der Waals surface area contributed by atoms with Crippen LogP contribution in [0.5, 0.6) is 11.5 Å². The Morgan fingerprint density at radius 3 is 2.66 bits per heavy atom. The highest BCUT2D eigenvalue weighted by Gasteiger charge is 2.30. The number of hydrogen-bond donors (Lipinski definition) is 1. The SMILES string of the molecule is O=C(CCN=C1NS(=O)(=O)c2ccccc21)N1CCN(Cc2ccc3c(c2)OCO3)CC1.